The Kier molecular flexibility index (Phi) is 2.28. The van der Waals surface area contributed by atoms with E-state index in [0.29, 0.717) is 0 Å². The second-order valence-electron chi connectivity index (χ2n) is 1.82. The lowest BCUT2D eigenvalue weighted by Crippen LogP contribution is -1.66. The molecule has 0 fully saturated rings. The van der Waals surface area contributed by atoms with Crippen LogP contribution < -0.4 is 0 Å². The van der Waals surface area contributed by atoms with Gasteiger partial charge in [0.2, 0.25) is 0 Å². The third-order valence-corrected chi connectivity index (χ3v) is 1.44. The molecule has 0 amide bonds. The van der Waals surface area contributed by atoms with Crippen LogP contribution in [-0.4, -0.2) is 0 Å². The number of hydrogen-bond acceptors (Lipinski definition) is 4. The lowest BCUT2D eigenvalue weighted by Gasteiger charge is -1.92. The van der Waals surface area contributed by atoms with Crippen LogP contribution in [0.25, 0.3) is 0 Å². The lowest BCUT2D eigenvalue weighted by atomic mass is 10.3. The minimum absolute atomic E-state index is 0.110. The molecule has 0 unspecified atom stereocenters. The fourth-order valence-corrected chi connectivity index (χ4v) is 0.836. The van der Waals surface area contributed by atoms with Crippen LogP contribution in [0.3, 0.4) is 0 Å². The minimum Gasteiger partial charge on any atom is -0.145 e. The Morgan fingerprint density at radius 3 is 2.36 bits per heavy atom. The molecule has 0 aliphatic heterocycles. The van der Waals surface area contributed by atoms with E-state index in [1.54, 1.807) is 0 Å². The maximum Gasteiger partial charge on any atom is 0.126 e. The van der Waals surface area contributed by atoms with Gasteiger partial charge in [-0.3, -0.25) is 0 Å². The molecule has 11 heavy (non-hydrogen) atoms. The van der Waals surface area contributed by atoms with Gasteiger partial charge in [0.25, 0.3) is 0 Å². The highest BCUT2D eigenvalue weighted by Gasteiger charge is 2.00. The highest BCUT2D eigenvalue weighted by atomic mass is 35.5. The predicted molar refractivity (Wildman–Crippen MR) is 42.4 cm³/mol. The van der Waals surface area contributed by atoms with Crippen molar-refractivity contribution in [1.29, 1.82) is 0 Å². The van der Waals surface area contributed by atoms with Gasteiger partial charge in [-0.25, -0.2) is 0 Å². The summed E-state index contributed by atoms with van der Waals surface area (Å²) in [4.78, 5) is 19.9. The number of hydrogen-bond donors (Lipinski definition) is 0. The monoisotopic (exact) mass is 170 g/mol. The highest BCUT2D eigenvalue weighted by Crippen LogP contribution is 2.28. The van der Waals surface area contributed by atoms with Gasteiger partial charge in [0.05, 0.1) is 5.02 Å². The molecule has 0 heterocycles. The first-order valence-corrected chi connectivity index (χ1v) is 3.12. The summed E-state index contributed by atoms with van der Waals surface area (Å²) in [5.41, 5.74) is 0.293. The van der Waals surface area contributed by atoms with Gasteiger partial charge in [0.1, 0.15) is 11.4 Å². The molecular formula is C6H3ClN2O2. The zero-order valence-electron chi connectivity index (χ0n) is 5.32. The average Bonchev–Trinajstić information content (AvgIpc) is 2.04. The molecule has 0 aliphatic rings. The Balaban J connectivity index is 3.18. The van der Waals surface area contributed by atoms with E-state index in [9.17, 15) is 9.81 Å². The summed E-state index contributed by atoms with van der Waals surface area (Å²) < 4.78 is 0. The van der Waals surface area contributed by atoms with Crippen molar-refractivity contribution in [2.45, 2.75) is 0 Å². The molecule has 0 aromatic heterocycles. The quantitative estimate of drug-likeness (QED) is 0.640. The third-order valence-electron chi connectivity index (χ3n) is 1.14. The minimum atomic E-state index is 0.110. The van der Waals surface area contributed by atoms with Crippen LogP contribution in [0.4, 0.5) is 11.4 Å². The normalized spacial score (nSPS) is 9.18. The van der Waals surface area contributed by atoms with Gasteiger partial charge in [-0.2, -0.15) is 0 Å². The first-order chi connectivity index (χ1) is 5.27. The SMILES string of the molecule is O=Nc1ccc(N=O)c(Cl)c1. The first-order valence-electron chi connectivity index (χ1n) is 2.74. The maximum absolute atomic E-state index is 9.98. The second kappa shape index (κ2) is 3.21. The molecule has 1 aromatic carbocycles. The molecule has 0 saturated carbocycles. The number of nitrogens with zero attached hydrogens (tertiary/aromatic N) is 2. The van der Waals surface area contributed by atoms with Crippen molar-refractivity contribution in [1.82, 2.24) is 0 Å². The standard InChI is InChI=1S/C6H3ClN2O2/c7-5-3-4(8-10)1-2-6(5)9-11/h1-3H. The Bertz CT molecular complexity index is 301. The molecule has 0 spiro atoms. The van der Waals surface area contributed by atoms with Gasteiger partial charge in [0, 0.05) is 0 Å². The summed E-state index contributed by atoms with van der Waals surface area (Å²) in [5, 5.41) is 5.38. The van der Waals surface area contributed by atoms with Gasteiger partial charge in [-0.1, -0.05) is 11.6 Å². The van der Waals surface area contributed by atoms with Crippen LogP contribution in [0.5, 0.6) is 0 Å². The summed E-state index contributed by atoms with van der Waals surface area (Å²) in [6.45, 7) is 0. The van der Waals surface area contributed by atoms with Gasteiger partial charge in [-0.15, -0.1) is 9.81 Å². The Morgan fingerprint density at radius 2 is 1.91 bits per heavy atom. The van der Waals surface area contributed by atoms with Crippen molar-refractivity contribution in [2.75, 3.05) is 0 Å². The average molecular weight is 171 g/mol. The largest absolute Gasteiger partial charge is 0.145 e. The molecule has 0 atom stereocenters. The molecular weight excluding hydrogens is 168 g/mol. The van der Waals surface area contributed by atoms with Crippen molar-refractivity contribution >= 4 is 23.0 Å². The smallest absolute Gasteiger partial charge is 0.126 e. The van der Waals surface area contributed by atoms with Crippen molar-refractivity contribution in [2.24, 2.45) is 10.4 Å². The molecule has 0 saturated heterocycles. The Labute approximate surface area is 67.1 Å². The van der Waals surface area contributed by atoms with E-state index >= 15 is 0 Å². The Morgan fingerprint density at radius 1 is 1.18 bits per heavy atom. The zero-order valence-corrected chi connectivity index (χ0v) is 6.08. The summed E-state index contributed by atoms with van der Waals surface area (Å²) in [6, 6.07) is 3.99. The van der Waals surface area contributed by atoms with Crippen molar-refractivity contribution in [3.8, 4) is 0 Å². The molecule has 0 N–H and O–H groups in total. The van der Waals surface area contributed by atoms with Crippen LogP contribution in [0.2, 0.25) is 5.02 Å². The summed E-state index contributed by atoms with van der Waals surface area (Å²) in [6.07, 6.45) is 0. The lowest BCUT2D eigenvalue weighted by molar-refractivity contribution is 1.45. The van der Waals surface area contributed by atoms with Crippen molar-refractivity contribution in [3.05, 3.63) is 33.0 Å². The van der Waals surface area contributed by atoms with Gasteiger partial charge < -0.3 is 0 Å². The summed E-state index contributed by atoms with van der Waals surface area (Å²) in [7, 11) is 0. The fourth-order valence-electron chi connectivity index (χ4n) is 0.627. The molecule has 0 aliphatic carbocycles. The van der Waals surface area contributed by atoms with Crippen LogP contribution >= 0.6 is 11.6 Å². The maximum atomic E-state index is 9.98. The van der Waals surface area contributed by atoms with Crippen LogP contribution in [0, 0.1) is 9.81 Å². The number of benzene rings is 1. The van der Waals surface area contributed by atoms with Gasteiger partial charge >= 0.3 is 0 Å². The van der Waals surface area contributed by atoms with E-state index in [4.69, 9.17) is 11.6 Å². The van der Waals surface area contributed by atoms with E-state index in [1.165, 1.54) is 18.2 Å². The van der Waals surface area contributed by atoms with Gasteiger partial charge in [-0.05, 0) is 28.6 Å². The van der Waals surface area contributed by atoms with E-state index < -0.39 is 0 Å². The van der Waals surface area contributed by atoms with E-state index in [-0.39, 0.29) is 16.4 Å². The fraction of sp³-hybridized carbons (Fsp3) is 0. The predicted octanol–water partition coefficient (Wildman–Crippen LogP) is 3.14. The summed E-state index contributed by atoms with van der Waals surface area (Å²) in [5.74, 6) is 0. The van der Waals surface area contributed by atoms with Crippen molar-refractivity contribution < 1.29 is 0 Å². The van der Waals surface area contributed by atoms with E-state index in [0.717, 1.165) is 0 Å². The first kappa shape index (κ1) is 7.81. The molecule has 1 rings (SSSR count). The highest BCUT2D eigenvalue weighted by molar-refractivity contribution is 6.33. The molecule has 56 valence electrons. The van der Waals surface area contributed by atoms with E-state index in [1.807, 2.05) is 0 Å². The van der Waals surface area contributed by atoms with E-state index in [2.05, 4.69) is 10.4 Å². The molecule has 0 bridgehead atoms. The number of nitroso groups, excluding NO2 is 2. The van der Waals surface area contributed by atoms with Gasteiger partial charge in [0.15, 0.2) is 0 Å². The molecule has 5 heteroatoms. The molecule has 1 aromatic rings. The Hall–Kier alpha value is -1.29. The third kappa shape index (κ3) is 1.59. The topological polar surface area (TPSA) is 58.9 Å². The number of halogens is 1. The molecule has 0 radical (unpaired) electrons. The zero-order chi connectivity index (χ0) is 8.27. The second-order valence-corrected chi connectivity index (χ2v) is 2.23. The molecule has 4 nitrogen and oxygen atoms in total. The van der Waals surface area contributed by atoms with Crippen LogP contribution in [-0.2, 0) is 0 Å². The number of rotatable bonds is 2. The van der Waals surface area contributed by atoms with Crippen LogP contribution in [0.15, 0.2) is 28.6 Å². The summed E-state index contributed by atoms with van der Waals surface area (Å²) >= 11 is 5.52. The van der Waals surface area contributed by atoms with Crippen LogP contribution in [0.1, 0.15) is 0 Å². The van der Waals surface area contributed by atoms with Crippen molar-refractivity contribution in [3.63, 3.8) is 0 Å².